The molecule has 1 heterocycles. The van der Waals surface area contributed by atoms with Gasteiger partial charge in [0.05, 0.1) is 0 Å². The van der Waals surface area contributed by atoms with Crippen LogP contribution in [0.2, 0.25) is 0 Å². The zero-order valence-electron chi connectivity index (χ0n) is 12.5. The summed E-state index contributed by atoms with van der Waals surface area (Å²) >= 11 is 0. The first-order chi connectivity index (χ1) is 9.29. The summed E-state index contributed by atoms with van der Waals surface area (Å²) in [4.78, 5) is 2.48. The van der Waals surface area contributed by atoms with Gasteiger partial charge in [0.15, 0.2) is 0 Å². The molecule has 1 fully saturated rings. The second-order valence-corrected chi connectivity index (χ2v) is 5.78. The molecule has 0 amide bonds. The van der Waals surface area contributed by atoms with Crippen molar-refractivity contribution in [3.8, 4) is 0 Å². The molecule has 106 valence electrons. The summed E-state index contributed by atoms with van der Waals surface area (Å²) in [6.07, 6.45) is 7.93. The van der Waals surface area contributed by atoms with Gasteiger partial charge in [0.2, 0.25) is 0 Å². The van der Waals surface area contributed by atoms with Gasteiger partial charge in [-0.2, -0.15) is 0 Å². The normalized spacial score (nSPS) is 16.6. The van der Waals surface area contributed by atoms with Gasteiger partial charge in [-0.05, 0) is 50.5 Å². The summed E-state index contributed by atoms with van der Waals surface area (Å²) in [5, 5.41) is 3.60. The van der Waals surface area contributed by atoms with Gasteiger partial charge in [-0.25, -0.2) is 0 Å². The van der Waals surface area contributed by atoms with Crippen molar-refractivity contribution >= 4 is 11.4 Å². The fraction of sp³-hybridized carbons (Fsp3) is 0.647. The van der Waals surface area contributed by atoms with Crippen LogP contribution in [-0.2, 0) is 0 Å². The van der Waals surface area contributed by atoms with Crippen LogP contribution in [-0.4, -0.2) is 19.1 Å². The topological polar surface area (TPSA) is 15.3 Å². The number of nitrogens with zero attached hydrogens (tertiary/aromatic N) is 1. The van der Waals surface area contributed by atoms with Crippen molar-refractivity contribution in [3.05, 3.63) is 24.3 Å². The predicted octanol–water partition coefficient (Wildman–Crippen LogP) is 4.67. The van der Waals surface area contributed by atoms with Crippen LogP contribution < -0.4 is 10.2 Å². The van der Waals surface area contributed by atoms with Crippen molar-refractivity contribution in [1.82, 2.24) is 0 Å². The van der Waals surface area contributed by atoms with Crippen LogP contribution in [0.1, 0.15) is 52.4 Å². The summed E-state index contributed by atoms with van der Waals surface area (Å²) in [5.41, 5.74) is 2.63. The molecule has 19 heavy (non-hydrogen) atoms. The fourth-order valence-electron chi connectivity index (χ4n) is 2.80. The van der Waals surface area contributed by atoms with Crippen LogP contribution in [0.25, 0.3) is 0 Å². The van der Waals surface area contributed by atoms with Crippen LogP contribution in [0, 0.1) is 0 Å². The molecule has 1 N–H and O–H groups in total. The summed E-state index contributed by atoms with van der Waals surface area (Å²) in [6, 6.07) is 9.54. The molecule has 0 radical (unpaired) electrons. The van der Waals surface area contributed by atoms with Crippen LogP contribution >= 0.6 is 0 Å². The average Bonchev–Trinajstić information content (AvgIpc) is 2.94. The van der Waals surface area contributed by atoms with Crippen molar-refractivity contribution in [1.29, 1.82) is 0 Å². The van der Waals surface area contributed by atoms with E-state index in [0.717, 1.165) is 0 Å². The first-order valence-corrected chi connectivity index (χ1v) is 7.91. The van der Waals surface area contributed by atoms with Gasteiger partial charge < -0.3 is 10.2 Å². The van der Waals surface area contributed by atoms with Crippen LogP contribution in [0.3, 0.4) is 0 Å². The molecule has 1 aromatic rings. The number of rotatable bonds is 7. The summed E-state index contributed by atoms with van der Waals surface area (Å²) in [6.45, 7) is 6.99. The van der Waals surface area contributed by atoms with Crippen LogP contribution in [0.5, 0.6) is 0 Å². The number of anilines is 2. The number of hydrogen-bond donors (Lipinski definition) is 1. The Kier molecular flexibility index (Phi) is 5.56. The molecule has 1 saturated heterocycles. The molecule has 1 aromatic carbocycles. The highest BCUT2D eigenvalue weighted by molar-refractivity contribution is 5.55. The zero-order chi connectivity index (χ0) is 13.5. The molecule has 1 aliphatic heterocycles. The number of hydrogen-bond acceptors (Lipinski definition) is 2. The molecule has 0 aromatic heterocycles. The van der Waals surface area contributed by atoms with Gasteiger partial charge >= 0.3 is 0 Å². The monoisotopic (exact) mass is 260 g/mol. The highest BCUT2D eigenvalue weighted by Crippen LogP contribution is 2.22. The Labute approximate surface area is 118 Å². The number of nitrogens with one attached hydrogen (secondary N) is 1. The number of unbranched alkanes of at least 4 members (excludes halogenated alkanes) is 2. The lowest BCUT2D eigenvalue weighted by molar-refractivity contribution is 0.615. The van der Waals surface area contributed by atoms with Crippen molar-refractivity contribution < 1.29 is 0 Å². The van der Waals surface area contributed by atoms with Gasteiger partial charge in [-0.1, -0.05) is 26.2 Å². The van der Waals surface area contributed by atoms with Gasteiger partial charge in [0.1, 0.15) is 0 Å². The molecule has 1 atom stereocenters. The van der Waals surface area contributed by atoms with Gasteiger partial charge in [-0.3, -0.25) is 0 Å². The maximum absolute atomic E-state index is 3.60. The Morgan fingerprint density at radius 2 is 1.79 bits per heavy atom. The SMILES string of the molecule is CCCCCC(C)Nc1ccc(N2CCCC2)cc1. The zero-order valence-corrected chi connectivity index (χ0v) is 12.5. The first-order valence-electron chi connectivity index (χ1n) is 7.91. The Morgan fingerprint density at radius 3 is 2.42 bits per heavy atom. The van der Waals surface area contributed by atoms with Crippen molar-refractivity contribution in [3.63, 3.8) is 0 Å². The smallest absolute Gasteiger partial charge is 0.0367 e. The number of benzene rings is 1. The van der Waals surface area contributed by atoms with E-state index in [1.54, 1.807) is 0 Å². The Hall–Kier alpha value is -1.18. The third kappa shape index (κ3) is 4.45. The van der Waals surface area contributed by atoms with Crippen LogP contribution in [0.4, 0.5) is 11.4 Å². The fourth-order valence-corrected chi connectivity index (χ4v) is 2.80. The van der Waals surface area contributed by atoms with E-state index in [1.807, 2.05) is 0 Å². The lowest BCUT2D eigenvalue weighted by Crippen LogP contribution is -2.18. The van der Waals surface area contributed by atoms with E-state index in [4.69, 9.17) is 0 Å². The van der Waals surface area contributed by atoms with E-state index in [1.165, 1.54) is 63.0 Å². The third-order valence-corrected chi connectivity index (χ3v) is 3.99. The molecule has 0 saturated carbocycles. The third-order valence-electron chi connectivity index (χ3n) is 3.99. The molecule has 2 heteroatoms. The highest BCUT2D eigenvalue weighted by Gasteiger charge is 2.11. The predicted molar refractivity (Wildman–Crippen MR) is 85.1 cm³/mol. The summed E-state index contributed by atoms with van der Waals surface area (Å²) in [7, 11) is 0. The van der Waals surface area contributed by atoms with E-state index in [2.05, 4.69) is 48.3 Å². The van der Waals surface area contributed by atoms with Crippen molar-refractivity contribution in [2.24, 2.45) is 0 Å². The quantitative estimate of drug-likeness (QED) is 0.717. The molecular formula is C17H28N2. The van der Waals surface area contributed by atoms with E-state index in [-0.39, 0.29) is 0 Å². The van der Waals surface area contributed by atoms with Crippen molar-refractivity contribution in [2.45, 2.75) is 58.4 Å². The maximum Gasteiger partial charge on any atom is 0.0367 e. The van der Waals surface area contributed by atoms with Gasteiger partial charge in [0.25, 0.3) is 0 Å². The Balaban J connectivity index is 1.80. The second-order valence-electron chi connectivity index (χ2n) is 5.78. The van der Waals surface area contributed by atoms with Gasteiger partial charge in [0, 0.05) is 30.5 Å². The minimum atomic E-state index is 0.573. The standard InChI is InChI=1S/C17H28N2/c1-3-4-5-8-15(2)18-16-9-11-17(12-10-16)19-13-6-7-14-19/h9-12,15,18H,3-8,13-14H2,1-2H3. The second kappa shape index (κ2) is 7.42. The molecule has 0 aliphatic carbocycles. The van der Waals surface area contributed by atoms with E-state index in [0.29, 0.717) is 6.04 Å². The molecule has 1 aliphatic rings. The van der Waals surface area contributed by atoms with Crippen LogP contribution in [0.15, 0.2) is 24.3 Å². The van der Waals surface area contributed by atoms with E-state index >= 15 is 0 Å². The average molecular weight is 260 g/mol. The molecule has 0 spiro atoms. The van der Waals surface area contributed by atoms with E-state index < -0.39 is 0 Å². The highest BCUT2D eigenvalue weighted by atomic mass is 15.1. The molecular weight excluding hydrogens is 232 g/mol. The van der Waals surface area contributed by atoms with Gasteiger partial charge in [-0.15, -0.1) is 0 Å². The maximum atomic E-state index is 3.60. The minimum absolute atomic E-state index is 0.573. The van der Waals surface area contributed by atoms with E-state index in [9.17, 15) is 0 Å². The van der Waals surface area contributed by atoms with Crippen molar-refractivity contribution in [2.75, 3.05) is 23.3 Å². The Morgan fingerprint density at radius 1 is 1.11 bits per heavy atom. The summed E-state index contributed by atoms with van der Waals surface area (Å²) in [5.74, 6) is 0. The largest absolute Gasteiger partial charge is 0.383 e. The minimum Gasteiger partial charge on any atom is -0.383 e. The molecule has 1 unspecified atom stereocenters. The lowest BCUT2D eigenvalue weighted by atomic mass is 10.1. The summed E-state index contributed by atoms with van der Waals surface area (Å²) < 4.78 is 0. The molecule has 2 rings (SSSR count). The lowest BCUT2D eigenvalue weighted by Gasteiger charge is -2.19. The molecule has 2 nitrogen and oxygen atoms in total. The first kappa shape index (κ1) is 14.2. The molecule has 0 bridgehead atoms. The Bertz CT molecular complexity index is 352.